The molecule has 0 spiro atoms. The van der Waals surface area contributed by atoms with E-state index in [9.17, 15) is 8.42 Å². The van der Waals surface area contributed by atoms with E-state index in [1.807, 2.05) is 30.3 Å². The molecule has 0 aliphatic carbocycles. The summed E-state index contributed by atoms with van der Waals surface area (Å²) in [4.78, 5) is 2.45. The van der Waals surface area contributed by atoms with E-state index in [1.165, 1.54) is 30.5 Å². The summed E-state index contributed by atoms with van der Waals surface area (Å²) in [6.45, 7) is 2.79. The maximum atomic E-state index is 12.1. The number of benzene rings is 2. The van der Waals surface area contributed by atoms with Crippen LogP contribution < -0.4 is 9.62 Å². The Morgan fingerprint density at radius 1 is 0.846 bits per heavy atom. The molecule has 2 aromatic carbocycles. The number of sulfonamides is 1. The van der Waals surface area contributed by atoms with Crippen LogP contribution in [0.4, 0.5) is 5.69 Å². The monoisotopic (exact) mass is 372 g/mol. The molecule has 0 aromatic heterocycles. The Hall–Kier alpha value is -1.85. The molecule has 1 fully saturated rings. The van der Waals surface area contributed by atoms with Crippen LogP contribution in [-0.2, 0) is 22.2 Å². The van der Waals surface area contributed by atoms with Gasteiger partial charge in [0.25, 0.3) is 0 Å². The summed E-state index contributed by atoms with van der Waals surface area (Å²) in [5.74, 6) is 0.0401. The molecule has 3 rings (SSSR count). The molecule has 1 aliphatic heterocycles. The average Bonchev–Trinajstić information content (AvgIpc) is 2.67. The van der Waals surface area contributed by atoms with Crippen LogP contribution in [-0.4, -0.2) is 28.1 Å². The Morgan fingerprint density at radius 3 is 2.23 bits per heavy atom. The van der Waals surface area contributed by atoms with Crippen molar-refractivity contribution in [3.63, 3.8) is 0 Å². The molecule has 1 saturated heterocycles. The van der Waals surface area contributed by atoms with Crippen molar-refractivity contribution in [3.8, 4) is 0 Å². The Balaban J connectivity index is 1.41. The second kappa shape index (κ2) is 9.19. The highest BCUT2D eigenvalue weighted by molar-refractivity contribution is 7.88. The van der Waals surface area contributed by atoms with Gasteiger partial charge in [0.15, 0.2) is 0 Å². The van der Waals surface area contributed by atoms with Crippen LogP contribution in [0, 0.1) is 0 Å². The highest BCUT2D eigenvalue weighted by atomic mass is 32.2. The largest absolute Gasteiger partial charge is 0.372 e. The van der Waals surface area contributed by atoms with Gasteiger partial charge in [0.05, 0.1) is 5.75 Å². The molecule has 140 valence electrons. The lowest BCUT2D eigenvalue weighted by Crippen LogP contribution is -2.29. The summed E-state index contributed by atoms with van der Waals surface area (Å²) in [5, 5.41) is 0. The van der Waals surface area contributed by atoms with E-state index in [-0.39, 0.29) is 5.75 Å². The van der Waals surface area contributed by atoms with E-state index in [0.717, 1.165) is 31.5 Å². The first kappa shape index (κ1) is 18.9. The minimum absolute atomic E-state index is 0.0401. The lowest BCUT2D eigenvalue weighted by molar-refractivity contribution is 0.577. The fraction of sp³-hybridized carbons (Fsp3) is 0.429. The van der Waals surface area contributed by atoms with Gasteiger partial charge in [-0.3, -0.25) is 0 Å². The van der Waals surface area contributed by atoms with E-state index < -0.39 is 10.0 Å². The molecule has 0 saturated carbocycles. The van der Waals surface area contributed by atoms with Gasteiger partial charge in [-0.05, 0) is 55.4 Å². The molecule has 1 aliphatic rings. The molecule has 5 heteroatoms. The van der Waals surface area contributed by atoms with Gasteiger partial charge in [0, 0.05) is 25.3 Å². The highest BCUT2D eigenvalue weighted by Gasteiger charge is 2.11. The van der Waals surface area contributed by atoms with E-state index in [1.54, 1.807) is 0 Å². The number of hydrogen-bond donors (Lipinski definition) is 1. The number of anilines is 1. The zero-order valence-corrected chi connectivity index (χ0v) is 16.0. The molecule has 26 heavy (non-hydrogen) atoms. The second-order valence-electron chi connectivity index (χ2n) is 6.96. The maximum Gasteiger partial charge on any atom is 0.215 e. The molecule has 0 amide bonds. The lowest BCUT2D eigenvalue weighted by atomic mass is 10.1. The van der Waals surface area contributed by atoms with Crippen LogP contribution in [0.5, 0.6) is 0 Å². The van der Waals surface area contributed by atoms with Crippen molar-refractivity contribution < 1.29 is 8.42 Å². The van der Waals surface area contributed by atoms with Gasteiger partial charge in [0.2, 0.25) is 10.0 Å². The van der Waals surface area contributed by atoms with Crippen molar-refractivity contribution in [1.82, 2.24) is 4.72 Å². The smallest absolute Gasteiger partial charge is 0.215 e. The average molecular weight is 373 g/mol. The van der Waals surface area contributed by atoms with Gasteiger partial charge < -0.3 is 4.90 Å². The van der Waals surface area contributed by atoms with Gasteiger partial charge in [-0.25, -0.2) is 13.1 Å². The van der Waals surface area contributed by atoms with Gasteiger partial charge >= 0.3 is 0 Å². The van der Waals surface area contributed by atoms with Crippen molar-refractivity contribution in [3.05, 3.63) is 65.7 Å². The van der Waals surface area contributed by atoms with E-state index in [4.69, 9.17) is 0 Å². The fourth-order valence-electron chi connectivity index (χ4n) is 3.39. The van der Waals surface area contributed by atoms with Gasteiger partial charge in [-0.2, -0.15) is 0 Å². The van der Waals surface area contributed by atoms with Crippen LogP contribution >= 0.6 is 0 Å². The molecule has 0 radical (unpaired) electrons. The van der Waals surface area contributed by atoms with E-state index in [0.29, 0.717) is 6.54 Å². The predicted molar refractivity (Wildman–Crippen MR) is 108 cm³/mol. The molecule has 2 aromatic rings. The molecule has 0 bridgehead atoms. The highest BCUT2D eigenvalue weighted by Crippen LogP contribution is 2.20. The number of aryl methyl sites for hydroxylation is 1. The quantitative estimate of drug-likeness (QED) is 0.718. The number of rotatable bonds is 8. The van der Waals surface area contributed by atoms with Crippen LogP contribution in [0.2, 0.25) is 0 Å². The van der Waals surface area contributed by atoms with Crippen LogP contribution in [0.25, 0.3) is 0 Å². The van der Waals surface area contributed by atoms with Gasteiger partial charge in [-0.1, -0.05) is 42.5 Å². The lowest BCUT2D eigenvalue weighted by Gasteiger charge is -2.28. The first-order chi connectivity index (χ1) is 12.6. The molecule has 0 atom stereocenters. The molecular weight excluding hydrogens is 344 g/mol. The Labute approximate surface area is 157 Å². The van der Waals surface area contributed by atoms with Crippen LogP contribution in [0.3, 0.4) is 0 Å². The Bertz CT molecular complexity index is 767. The first-order valence-corrected chi connectivity index (χ1v) is 11.1. The van der Waals surface area contributed by atoms with Crippen molar-refractivity contribution >= 4 is 15.7 Å². The van der Waals surface area contributed by atoms with E-state index >= 15 is 0 Å². The standard InChI is InChI=1S/C21H28N2O2S/c24-26(25,18-20-8-3-1-4-9-20)22-15-7-10-19-11-13-21(14-12-19)23-16-5-2-6-17-23/h1,3-4,8-9,11-14,22H,2,5-7,10,15-18H2. The number of hydrogen-bond acceptors (Lipinski definition) is 3. The molecule has 0 unspecified atom stereocenters. The van der Waals surface area contributed by atoms with Crippen LogP contribution in [0.1, 0.15) is 36.8 Å². The number of nitrogens with zero attached hydrogens (tertiary/aromatic N) is 1. The van der Waals surface area contributed by atoms with Crippen molar-refractivity contribution in [2.75, 3.05) is 24.5 Å². The second-order valence-corrected chi connectivity index (χ2v) is 8.76. The summed E-state index contributed by atoms with van der Waals surface area (Å²) in [7, 11) is -3.27. The zero-order valence-electron chi connectivity index (χ0n) is 15.2. The normalized spacial score (nSPS) is 15.2. The van der Waals surface area contributed by atoms with Gasteiger partial charge in [-0.15, -0.1) is 0 Å². The van der Waals surface area contributed by atoms with E-state index in [2.05, 4.69) is 33.9 Å². The zero-order chi connectivity index (χ0) is 18.2. The SMILES string of the molecule is O=S(=O)(Cc1ccccc1)NCCCc1ccc(N2CCCCC2)cc1. The third-order valence-electron chi connectivity index (χ3n) is 4.82. The van der Waals surface area contributed by atoms with Crippen LogP contribution in [0.15, 0.2) is 54.6 Å². The maximum absolute atomic E-state index is 12.1. The van der Waals surface area contributed by atoms with Crippen molar-refractivity contribution in [2.45, 2.75) is 37.9 Å². The molecule has 1 N–H and O–H groups in total. The summed E-state index contributed by atoms with van der Waals surface area (Å²) in [6, 6.07) is 18.0. The molecule has 4 nitrogen and oxygen atoms in total. The summed E-state index contributed by atoms with van der Waals surface area (Å²) in [5.41, 5.74) is 3.37. The minimum atomic E-state index is -3.27. The Kier molecular flexibility index (Phi) is 6.69. The fourth-order valence-corrected chi connectivity index (χ4v) is 4.58. The first-order valence-electron chi connectivity index (χ1n) is 9.47. The molecule has 1 heterocycles. The number of piperidine rings is 1. The predicted octanol–water partition coefficient (Wildman–Crippen LogP) is 3.73. The van der Waals surface area contributed by atoms with Crippen molar-refractivity contribution in [2.24, 2.45) is 0 Å². The third kappa shape index (κ3) is 5.85. The van der Waals surface area contributed by atoms with Crippen molar-refractivity contribution in [1.29, 1.82) is 0 Å². The number of nitrogens with one attached hydrogen (secondary N) is 1. The topological polar surface area (TPSA) is 49.4 Å². The molecular formula is C21H28N2O2S. The summed E-state index contributed by atoms with van der Waals surface area (Å²) < 4.78 is 26.9. The third-order valence-corrected chi connectivity index (χ3v) is 6.18. The minimum Gasteiger partial charge on any atom is -0.372 e. The summed E-state index contributed by atoms with van der Waals surface area (Å²) in [6.07, 6.45) is 5.59. The van der Waals surface area contributed by atoms with Gasteiger partial charge in [0.1, 0.15) is 0 Å². The Morgan fingerprint density at radius 2 is 1.54 bits per heavy atom. The summed E-state index contributed by atoms with van der Waals surface area (Å²) >= 11 is 0.